The van der Waals surface area contributed by atoms with Gasteiger partial charge in [-0.05, 0) is 43.5 Å². The molecule has 2 aromatic heterocycles. The molecule has 0 aliphatic carbocycles. The number of rotatable bonds is 6. The predicted octanol–water partition coefficient (Wildman–Crippen LogP) is 3.80. The van der Waals surface area contributed by atoms with Crippen molar-refractivity contribution in [2.75, 3.05) is 25.1 Å². The maximum atomic E-state index is 12.8. The summed E-state index contributed by atoms with van der Waals surface area (Å²) in [5, 5.41) is 7.28. The fraction of sp³-hybridized carbons (Fsp3) is 0.409. The zero-order valence-electron chi connectivity index (χ0n) is 16.9. The minimum Gasteiger partial charge on any atom is -0.497 e. The van der Waals surface area contributed by atoms with E-state index in [0.29, 0.717) is 13.1 Å². The van der Waals surface area contributed by atoms with E-state index in [4.69, 9.17) is 4.74 Å². The molecule has 1 saturated heterocycles. The molecule has 7 heteroatoms. The van der Waals surface area contributed by atoms with Gasteiger partial charge >= 0.3 is 0 Å². The summed E-state index contributed by atoms with van der Waals surface area (Å²) in [5.41, 5.74) is 2.99. The second-order valence-electron chi connectivity index (χ2n) is 7.30. The summed E-state index contributed by atoms with van der Waals surface area (Å²) in [6.45, 7) is 4.24. The Bertz CT molecular complexity index is 1000. The third-order valence-corrected chi connectivity index (χ3v) is 6.45. The number of pyridine rings is 1. The van der Waals surface area contributed by atoms with Crippen LogP contribution in [0.4, 0.5) is 5.69 Å². The zero-order chi connectivity index (χ0) is 20.2. The van der Waals surface area contributed by atoms with Gasteiger partial charge in [0.25, 0.3) is 0 Å². The van der Waals surface area contributed by atoms with E-state index in [2.05, 4.69) is 27.1 Å². The molecule has 3 aromatic rings. The Morgan fingerprint density at radius 1 is 1.38 bits per heavy atom. The number of ether oxygens (including phenoxy) is 1. The molecule has 1 aromatic carbocycles. The van der Waals surface area contributed by atoms with Gasteiger partial charge in [0.1, 0.15) is 5.75 Å². The van der Waals surface area contributed by atoms with E-state index in [0.717, 1.165) is 58.8 Å². The molecule has 1 atom stereocenters. The maximum Gasteiger partial charge on any atom is 0.225 e. The smallest absolute Gasteiger partial charge is 0.225 e. The molecule has 1 aliphatic rings. The topological polar surface area (TPSA) is 67.4 Å². The van der Waals surface area contributed by atoms with Crippen LogP contribution in [0.25, 0.3) is 10.9 Å². The molecular formula is C22H26N4O2S. The lowest BCUT2D eigenvalue weighted by atomic mass is 9.96. The summed E-state index contributed by atoms with van der Waals surface area (Å²) in [6.07, 6.45) is 4.66. The SMILES string of the molecule is CCc1nc(CNC(=O)C2CCCN(c3ccnc4ccc(OC)cc34)C2)cs1. The highest BCUT2D eigenvalue weighted by molar-refractivity contribution is 7.09. The molecule has 1 fully saturated rings. The van der Waals surface area contributed by atoms with Crippen LogP contribution < -0.4 is 15.0 Å². The van der Waals surface area contributed by atoms with E-state index in [1.54, 1.807) is 18.4 Å². The summed E-state index contributed by atoms with van der Waals surface area (Å²) < 4.78 is 5.39. The van der Waals surface area contributed by atoms with Crippen LogP contribution in [0.3, 0.4) is 0 Å². The van der Waals surface area contributed by atoms with Crippen LogP contribution in [-0.4, -0.2) is 36.1 Å². The highest BCUT2D eigenvalue weighted by atomic mass is 32.1. The van der Waals surface area contributed by atoms with Crippen LogP contribution in [0.5, 0.6) is 5.75 Å². The third kappa shape index (κ3) is 4.34. The van der Waals surface area contributed by atoms with Gasteiger partial charge in [0.05, 0.1) is 35.8 Å². The van der Waals surface area contributed by atoms with Crippen LogP contribution in [0.1, 0.15) is 30.5 Å². The minimum atomic E-state index is -0.0261. The van der Waals surface area contributed by atoms with Gasteiger partial charge in [-0.1, -0.05) is 6.92 Å². The molecule has 152 valence electrons. The molecule has 4 rings (SSSR count). The Morgan fingerprint density at radius 3 is 3.07 bits per heavy atom. The van der Waals surface area contributed by atoms with E-state index in [9.17, 15) is 4.79 Å². The first-order chi connectivity index (χ1) is 14.2. The Labute approximate surface area is 174 Å². The Kier molecular flexibility index (Phi) is 5.94. The number of piperidine rings is 1. The quantitative estimate of drug-likeness (QED) is 0.670. The number of benzene rings is 1. The van der Waals surface area contributed by atoms with Crippen molar-refractivity contribution in [3.63, 3.8) is 0 Å². The van der Waals surface area contributed by atoms with E-state index in [1.807, 2.05) is 35.8 Å². The number of fused-ring (bicyclic) bond motifs is 1. The molecule has 1 N–H and O–H groups in total. The van der Waals surface area contributed by atoms with Crippen LogP contribution in [-0.2, 0) is 17.8 Å². The first-order valence-electron chi connectivity index (χ1n) is 10.1. The summed E-state index contributed by atoms with van der Waals surface area (Å²) in [4.78, 5) is 24.1. The van der Waals surface area contributed by atoms with Crippen molar-refractivity contribution in [3.8, 4) is 5.75 Å². The van der Waals surface area contributed by atoms with Crippen LogP contribution >= 0.6 is 11.3 Å². The maximum absolute atomic E-state index is 12.8. The number of carbonyl (C=O) groups excluding carboxylic acids is 1. The monoisotopic (exact) mass is 410 g/mol. The number of hydrogen-bond acceptors (Lipinski definition) is 6. The van der Waals surface area contributed by atoms with Crippen LogP contribution in [0.15, 0.2) is 35.8 Å². The second kappa shape index (κ2) is 8.78. The summed E-state index contributed by atoms with van der Waals surface area (Å²) in [6, 6.07) is 7.96. The van der Waals surface area contributed by atoms with Gasteiger partial charge in [-0.15, -0.1) is 11.3 Å². The summed E-state index contributed by atoms with van der Waals surface area (Å²) >= 11 is 1.65. The van der Waals surface area contributed by atoms with Gasteiger partial charge < -0.3 is 15.0 Å². The van der Waals surface area contributed by atoms with E-state index < -0.39 is 0 Å². The molecular weight excluding hydrogens is 384 g/mol. The summed E-state index contributed by atoms with van der Waals surface area (Å²) in [7, 11) is 1.67. The largest absolute Gasteiger partial charge is 0.497 e. The second-order valence-corrected chi connectivity index (χ2v) is 8.24. The predicted molar refractivity (Wildman–Crippen MR) is 117 cm³/mol. The van der Waals surface area contributed by atoms with Crippen molar-refractivity contribution < 1.29 is 9.53 Å². The molecule has 0 saturated carbocycles. The van der Waals surface area contributed by atoms with Crippen molar-refractivity contribution in [2.45, 2.75) is 32.7 Å². The van der Waals surface area contributed by atoms with Gasteiger partial charge in [-0.25, -0.2) is 4.98 Å². The number of nitrogens with zero attached hydrogens (tertiary/aromatic N) is 3. The Morgan fingerprint density at radius 2 is 2.28 bits per heavy atom. The zero-order valence-corrected chi connectivity index (χ0v) is 17.7. The van der Waals surface area contributed by atoms with Gasteiger partial charge in [-0.3, -0.25) is 9.78 Å². The van der Waals surface area contributed by atoms with Crippen molar-refractivity contribution in [2.24, 2.45) is 5.92 Å². The number of aromatic nitrogens is 2. The molecule has 6 nitrogen and oxygen atoms in total. The standard InChI is InChI=1S/C22H26N4O2S/c1-3-21-25-16(14-29-21)12-24-22(27)15-5-4-10-26(13-15)20-8-9-23-19-7-6-17(28-2)11-18(19)20/h6-9,11,14-15H,3-5,10,12-13H2,1-2H3,(H,24,27). The van der Waals surface area contributed by atoms with Crippen LogP contribution in [0, 0.1) is 5.92 Å². The number of anilines is 1. The Balaban J connectivity index is 1.46. The van der Waals surface area contributed by atoms with Gasteiger partial charge in [0.2, 0.25) is 5.91 Å². The number of methoxy groups -OCH3 is 1. The van der Waals surface area contributed by atoms with Crippen molar-refractivity contribution in [1.29, 1.82) is 0 Å². The van der Waals surface area contributed by atoms with Gasteiger partial charge in [0, 0.05) is 35.7 Å². The molecule has 29 heavy (non-hydrogen) atoms. The van der Waals surface area contributed by atoms with Crippen LogP contribution in [0.2, 0.25) is 0 Å². The highest BCUT2D eigenvalue weighted by Gasteiger charge is 2.27. The fourth-order valence-electron chi connectivity index (χ4n) is 3.84. The van der Waals surface area contributed by atoms with E-state index in [1.165, 1.54) is 0 Å². The number of nitrogens with one attached hydrogen (secondary N) is 1. The molecule has 1 unspecified atom stereocenters. The summed E-state index contributed by atoms with van der Waals surface area (Å²) in [5.74, 6) is 0.895. The first kappa shape index (κ1) is 19.6. The van der Waals surface area contributed by atoms with E-state index >= 15 is 0 Å². The molecule has 0 radical (unpaired) electrons. The molecule has 1 amide bonds. The van der Waals surface area contributed by atoms with Gasteiger partial charge in [-0.2, -0.15) is 0 Å². The lowest BCUT2D eigenvalue weighted by molar-refractivity contribution is -0.125. The number of amides is 1. The van der Waals surface area contributed by atoms with E-state index in [-0.39, 0.29) is 11.8 Å². The minimum absolute atomic E-state index is 0.0261. The normalized spacial score (nSPS) is 16.8. The van der Waals surface area contributed by atoms with Crippen molar-refractivity contribution in [3.05, 3.63) is 46.5 Å². The molecule has 0 spiro atoms. The highest BCUT2D eigenvalue weighted by Crippen LogP contribution is 2.31. The lowest BCUT2D eigenvalue weighted by Gasteiger charge is -2.34. The third-order valence-electron chi connectivity index (χ3n) is 5.40. The van der Waals surface area contributed by atoms with Gasteiger partial charge in [0.15, 0.2) is 0 Å². The average molecular weight is 411 g/mol. The van der Waals surface area contributed by atoms with Crippen molar-refractivity contribution >= 4 is 33.8 Å². The Hall–Kier alpha value is -2.67. The molecule has 3 heterocycles. The number of aryl methyl sites for hydroxylation is 1. The number of hydrogen-bond donors (Lipinski definition) is 1. The fourth-order valence-corrected chi connectivity index (χ4v) is 4.58. The first-order valence-corrected chi connectivity index (χ1v) is 10.9. The molecule has 0 bridgehead atoms. The average Bonchev–Trinajstić information content (AvgIpc) is 3.25. The van der Waals surface area contributed by atoms with Crippen molar-refractivity contribution in [1.82, 2.24) is 15.3 Å². The number of carbonyl (C=O) groups is 1. The number of thiazole rings is 1. The molecule has 1 aliphatic heterocycles. The lowest BCUT2D eigenvalue weighted by Crippen LogP contribution is -2.43.